The van der Waals surface area contributed by atoms with Crippen LogP contribution in [0.25, 0.3) is 0 Å². The zero-order valence-corrected chi connectivity index (χ0v) is 8.45. The van der Waals surface area contributed by atoms with Gasteiger partial charge in [-0.2, -0.15) is 0 Å². The Bertz CT molecular complexity index is 230. The van der Waals surface area contributed by atoms with E-state index < -0.39 is 0 Å². The van der Waals surface area contributed by atoms with Crippen LogP contribution in [0.3, 0.4) is 0 Å². The molecule has 1 nitrogen and oxygen atoms in total. The van der Waals surface area contributed by atoms with Gasteiger partial charge < -0.3 is 5.11 Å². The molecule has 0 aliphatic heterocycles. The van der Waals surface area contributed by atoms with Gasteiger partial charge in [-0.3, -0.25) is 0 Å². The van der Waals surface area contributed by atoms with Crippen molar-refractivity contribution in [2.45, 2.75) is 6.92 Å². The molecule has 5 heteroatoms. The van der Waals surface area contributed by atoms with Crippen molar-refractivity contribution in [3.8, 4) is 5.75 Å². The first-order valence-corrected chi connectivity index (χ1v) is 4.22. The van der Waals surface area contributed by atoms with Crippen LogP contribution in [0.5, 0.6) is 5.75 Å². The van der Waals surface area contributed by atoms with Crippen molar-refractivity contribution in [2.24, 2.45) is 0 Å². The minimum absolute atomic E-state index is 0.454. The normalized spacial score (nSPS) is 10.1. The molecule has 0 bridgehead atoms. The summed E-state index contributed by atoms with van der Waals surface area (Å²) >= 11 is 0. The molecule has 0 aromatic heterocycles. The number of hydrogen-bond donors (Lipinski definition) is 1. The Kier molecular flexibility index (Phi) is 2.31. The van der Waals surface area contributed by atoms with E-state index in [9.17, 15) is 5.11 Å². The maximum atomic E-state index is 9.69. The van der Waals surface area contributed by atoms with Crippen molar-refractivity contribution in [2.75, 3.05) is 0 Å². The lowest BCUT2D eigenvalue weighted by molar-refractivity contribution is 0.484. The first kappa shape index (κ1) is 9.37. The van der Waals surface area contributed by atoms with E-state index in [0.29, 0.717) is 5.75 Å². The van der Waals surface area contributed by atoms with Crippen LogP contribution in [0.4, 0.5) is 0 Å². The molecule has 0 amide bonds. The minimum Gasteiger partial charge on any atom is -0.509 e. The molecule has 0 saturated carbocycles. The Morgan fingerprint density at radius 2 is 1.33 bits per heavy atom. The summed E-state index contributed by atoms with van der Waals surface area (Å²) in [4.78, 5) is 0. The lowest BCUT2D eigenvalue weighted by Gasteiger charge is -2.15. The summed E-state index contributed by atoms with van der Waals surface area (Å²) in [5.41, 5.74) is 5.72. The number of rotatable bonds is 0. The van der Waals surface area contributed by atoms with Crippen LogP contribution in [0, 0.1) is 6.92 Å². The van der Waals surface area contributed by atoms with Crippen molar-refractivity contribution in [3.05, 3.63) is 5.56 Å². The molecule has 1 N–H and O–H groups in total. The molecule has 58 valence electrons. The SMILES string of the molecule is Bc1c(B)c(C)c(B)c(O)c1B. The van der Waals surface area contributed by atoms with E-state index >= 15 is 0 Å². The van der Waals surface area contributed by atoms with Crippen molar-refractivity contribution >= 4 is 53.2 Å². The van der Waals surface area contributed by atoms with E-state index in [1.807, 2.05) is 15.7 Å². The van der Waals surface area contributed by atoms with Gasteiger partial charge in [-0.1, -0.05) is 22.0 Å². The largest absolute Gasteiger partial charge is 0.509 e. The zero-order chi connectivity index (χ0) is 9.46. The fourth-order valence-corrected chi connectivity index (χ4v) is 1.48. The summed E-state index contributed by atoms with van der Waals surface area (Å²) in [6, 6.07) is 0. The Morgan fingerprint density at radius 1 is 0.833 bits per heavy atom. The zero-order valence-electron chi connectivity index (χ0n) is 8.45. The first-order valence-electron chi connectivity index (χ1n) is 4.22. The van der Waals surface area contributed by atoms with Gasteiger partial charge in [0.25, 0.3) is 0 Å². The molecule has 0 aliphatic carbocycles. The van der Waals surface area contributed by atoms with Gasteiger partial charge in [-0.05, 0) is 12.4 Å². The van der Waals surface area contributed by atoms with Crippen molar-refractivity contribution in [3.63, 3.8) is 0 Å². The van der Waals surface area contributed by atoms with Crippen LogP contribution < -0.4 is 21.9 Å². The van der Waals surface area contributed by atoms with Crippen molar-refractivity contribution in [1.82, 2.24) is 0 Å². The van der Waals surface area contributed by atoms with E-state index in [4.69, 9.17) is 0 Å². The van der Waals surface area contributed by atoms with Crippen LogP contribution in [0.1, 0.15) is 5.56 Å². The molecule has 0 atom stereocenters. The van der Waals surface area contributed by atoms with Gasteiger partial charge >= 0.3 is 0 Å². The highest BCUT2D eigenvalue weighted by atomic mass is 16.3. The van der Waals surface area contributed by atoms with E-state index in [1.54, 1.807) is 0 Å². The summed E-state index contributed by atoms with van der Waals surface area (Å²) < 4.78 is 0. The van der Waals surface area contributed by atoms with Crippen LogP contribution in [0.2, 0.25) is 0 Å². The van der Waals surface area contributed by atoms with E-state index in [-0.39, 0.29) is 0 Å². The van der Waals surface area contributed by atoms with E-state index in [1.165, 1.54) is 16.5 Å². The molecular weight excluding hydrogens is 143 g/mol. The molecule has 1 rings (SSSR count). The Morgan fingerprint density at radius 3 is 1.83 bits per heavy atom. The quantitative estimate of drug-likeness (QED) is 0.371. The molecule has 0 unspecified atom stereocenters. The third-order valence-electron chi connectivity index (χ3n) is 2.96. The summed E-state index contributed by atoms with van der Waals surface area (Å²) in [5.74, 6) is 0.454. The smallest absolute Gasteiger partial charge is 0.144 e. The van der Waals surface area contributed by atoms with E-state index in [2.05, 4.69) is 22.6 Å². The highest BCUT2D eigenvalue weighted by molar-refractivity contribution is 6.60. The molecule has 0 heterocycles. The third kappa shape index (κ3) is 1.17. The molecule has 0 spiro atoms. The second kappa shape index (κ2) is 2.96. The standard InChI is InChI=1S/C7H12B4O/c1-2-3(8)5(10)6(11)7(12)4(2)9/h12H,8-11H2,1H3. The topological polar surface area (TPSA) is 20.2 Å². The van der Waals surface area contributed by atoms with Crippen LogP contribution in [0.15, 0.2) is 0 Å². The van der Waals surface area contributed by atoms with Gasteiger partial charge in [0.1, 0.15) is 37.1 Å². The number of hydrogen-bond acceptors (Lipinski definition) is 1. The van der Waals surface area contributed by atoms with Gasteiger partial charge in [0.05, 0.1) is 0 Å². The van der Waals surface area contributed by atoms with Crippen LogP contribution >= 0.6 is 0 Å². The van der Waals surface area contributed by atoms with Crippen molar-refractivity contribution in [1.29, 1.82) is 0 Å². The summed E-state index contributed by atoms with van der Waals surface area (Å²) in [7, 11) is 8.08. The molecule has 12 heavy (non-hydrogen) atoms. The lowest BCUT2D eigenvalue weighted by Crippen LogP contribution is -2.44. The third-order valence-corrected chi connectivity index (χ3v) is 2.96. The van der Waals surface area contributed by atoms with Gasteiger partial charge in [0.2, 0.25) is 0 Å². The predicted octanol–water partition coefficient (Wildman–Crippen LogP) is -5.27. The van der Waals surface area contributed by atoms with E-state index in [0.717, 1.165) is 10.9 Å². The average molecular weight is 155 g/mol. The Labute approximate surface area is 77.2 Å². The number of aromatic hydroxyl groups is 1. The fourth-order valence-electron chi connectivity index (χ4n) is 1.48. The molecule has 0 fully saturated rings. The highest BCUT2D eigenvalue weighted by Gasteiger charge is 2.09. The maximum Gasteiger partial charge on any atom is 0.144 e. The molecule has 1 aromatic rings. The number of phenols is 1. The summed E-state index contributed by atoms with van der Waals surface area (Å²) in [6.07, 6.45) is 0. The first-order chi connectivity index (χ1) is 5.46. The van der Waals surface area contributed by atoms with Gasteiger partial charge in [0, 0.05) is 0 Å². The number of phenolic OH excluding ortho intramolecular Hbond substituents is 1. The van der Waals surface area contributed by atoms with Crippen LogP contribution in [-0.4, -0.2) is 36.5 Å². The summed E-state index contributed by atoms with van der Waals surface area (Å²) in [5, 5.41) is 9.69. The minimum atomic E-state index is 0.454. The highest BCUT2D eigenvalue weighted by Crippen LogP contribution is 1.97. The lowest BCUT2D eigenvalue weighted by atomic mass is 9.66. The molecule has 1 aromatic carbocycles. The predicted molar refractivity (Wildman–Crippen MR) is 65.6 cm³/mol. The van der Waals surface area contributed by atoms with Crippen LogP contribution in [-0.2, 0) is 0 Å². The average Bonchev–Trinajstić information content (AvgIpc) is 2.08. The second-order valence-electron chi connectivity index (χ2n) is 3.47. The second-order valence-corrected chi connectivity index (χ2v) is 3.47. The van der Waals surface area contributed by atoms with Crippen molar-refractivity contribution < 1.29 is 5.11 Å². The summed E-state index contributed by atoms with van der Waals surface area (Å²) in [6.45, 7) is 2.05. The molecule has 0 saturated heterocycles. The monoisotopic (exact) mass is 156 g/mol. The molecule has 0 radical (unpaired) electrons. The maximum absolute atomic E-state index is 9.69. The fraction of sp³-hybridized carbons (Fsp3) is 0.143. The number of benzene rings is 1. The Balaban J connectivity index is 3.60. The Hall–Kier alpha value is -0.720. The molecule has 0 aliphatic rings. The molecular formula is C7H12B4O. The van der Waals surface area contributed by atoms with Gasteiger partial charge in [-0.25, -0.2) is 0 Å². The van der Waals surface area contributed by atoms with Gasteiger partial charge in [0.15, 0.2) is 0 Å². The van der Waals surface area contributed by atoms with Gasteiger partial charge in [-0.15, -0.1) is 0 Å².